The van der Waals surface area contributed by atoms with Crippen LogP contribution in [0.3, 0.4) is 0 Å². The molecule has 9 heteroatoms. The van der Waals surface area contributed by atoms with Crippen molar-refractivity contribution in [3.05, 3.63) is 53.2 Å². The molecule has 1 amide bonds. The summed E-state index contributed by atoms with van der Waals surface area (Å²) >= 11 is 1.59. The summed E-state index contributed by atoms with van der Waals surface area (Å²) in [4.78, 5) is 22.3. The van der Waals surface area contributed by atoms with Crippen LogP contribution >= 0.6 is 11.3 Å². The van der Waals surface area contributed by atoms with Gasteiger partial charge in [0.1, 0.15) is 0 Å². The maximum absolute atomic E-state index is 12.7. The van der Waals surface area contributed by atoms with E-state index in [1.165, 1.54) is 0 Å². The molecular weight excluding hydrogens is 452 g/mol. The van der Waals surface area contributed by atoms with E-state index in [1.807, 2.05) is 46.7 Å². The van der Waals surface area contributed by atoms with E-state index in [0.717, 1.165) is 23.5 Å². The Hall–Kier alpha value is -3.17. The molecule has 1 saturated heterocycles. The zero-order valence-electron chi connectivity index (χ0n) is 19.8. The van der Waals surface area contributed by atoms with Gasteiger partial charge >= 0.3 is 0 Å². The molecule has 0 unspecified atom stereocenters. The third-order valence-corrected chi connectivity index (χ3v) is 6.30. The smallest absolute Gasteiger partial charge is 0.246 e. The molecule has 0 spiro atoms. The molecule has 0 aliphatic carbocycles. The fourth-order valence-corrected chi connectivity index (χ4v) is 4.23. The lowest BCUT2D eigenvalue weighted by Gasteiger charge is -2.33. The molecule has 4 rings (SSSR count). The summed E-state index contributed by atoms with van der Waals surface area (Å²) in [6.07, 6.45) is 3.43. The molecule has 180 valence electrons. The molecule has 8 nitrogen and oxygen atoms in total. The summed E-state index contributed by atoms with van der Waals surface area (Å²) in [5, 5.41) is 6.05. The minimum atomic E-state index is -0.00322. The maximum atomic E-state index is 12.7. The van der Waals surface area contributed by atoms with Gasteiger partial charge in [0.25, 0.3) is 0 Å². The Bertz CT molecular complexity index is 1100. The van der Waals surface area contributed by atoms with E-state index < -0.39 is 0 Å². The van der Waals surface area contributed by atoms with Crippen molar-refractivity contribution >= 4 is 23.3 Å². The quantitative estimate of drug-likeness (QED) is 0.423. The van der Waals surface area contributed by atoms with Gasteiger partial charge in [0, 0.05) is 32.3 Å². The molecular formula is C25H30N4O4S. The SMILES string of the molecule is COc1cc(/C=C/C(=O)N2CCN(Cc3nc(-c4cccs4)no3)CC2)ccc1OCC(C)C. The molecule has 0 radical (unpaired) electrons. The number of carbonyl (C=O) groups is 1. The van der Waals surface area contributed by atoms with Crippen LogP contribution in [0.4, 0.5) is 0 Å². The van der Waals surface area contributed by atoms with E-state index in [4.69, 9.17) is 14.0 Å². The number of aromatic nitrogens is 2. The van der Waals surface area contributed by atoms with Gasteiger partial charge in [-0.05, 0) is 41.1 Å². The number of methoxy groups -OCH3 is 1. The lowest BCUT2D eigenvalue weighted by atomic mass is 10.1. The normalized spacial score (nSPS) is 14.8. The second-order valence-electron chi connectivity index (χ2n) is 8.54. The van der Waals surface area contributed by atoms with Crippen molar-refractivity contribution in [1.29, 1.82) is 0 Å². The van der Waals surface area contributed by atoms with Gasteiger partial charge in [0.05, 0.1) is 25.1 Å². The molecule has 34 heavy (non-hydrogen) atoms. The lowest BCUT2D eigenvalue weighted by molar-refractivity contribution is -0.127. The van der Waals surface area contributed by atoms with Crippen molar-refractivity contribution in [3.8, 4) is 22.2 Å². The van der Waals surface area contributed by atoms with Crippen LogP contribution in [0, 0.1) is 5.92 Å². The second kappa shape index (κ2) is 11.3. The number of rotatable bonds is 9. The first kappa shape index (κ1) is 24.0. The molecule has 0 saturated carbocycles. The number of carbonyl (C=O) groups excluding carboxylic acids is 1. The van der Waals surface area contributed by atoms with Crippen LogP contribution in [0.2, 0.25) is 0 Å². The Morgan fingerprint density at radius 3 is 2.74 bits per heavy atom. The third-order valence-electron chi connectivity index (χ3n) is 5.43. The van der Waals surface area contributed by atoms with Gasteiger partial charge in [-0.3, -0.25) is 9.69 Å². The van der Waals surface area contributed by atoms with Crippen molar-refractivity contribution in [2.45, 2.75) is 20.4 Å². The van der Waals surface area contributed by atoms with Crippen molar-refractivity contribution in [2.75, 3.05) is 39.9 Å². The van der Waals surface area contributed by atoms with Crippen molar-refractivity contribution in [3.63, 3.8) is 0 Å². The number of hydrogen-bond donors (Lipinski definition) is 0. The average molecular weight is 483 g/mol. The predicted molar refractivity (Wildman–Crippen MR) is 132 cm³/mol. The summed E-state index contributed by atoms with van der Waals surface area (Å²) in [5.41, 5.74) is 0.888. The minimum Gasteiger partial charge on any atom is -0.493 e. The van der Waals surface area contributed by atoms with Crippen molar-refractivity contribution in [2.24, 2.45) is 5.92 Å². The molecule has 1 aliphatic heterocycles. The number of benzene rings is 1. The monoisotopic (exact) mass is 482 g/mol. The first-order valence-electron chi connectivity index (χ1n) is 11.4. The zero-order valence-corrected chi connectivity index (χ0v) is 20.6. The number of amides is 1. The minimum absolute atomic E-state index is 0.00322. The first-order chi connectivity index (χ1) is 16.5. The van der Waals surface area contributed by atoms with E-state index in [0.29, 0.717) is 55.4 Å². The number of nitrogens with zero attached hydrogens (tertiary/aromatic N) is 4. The summed E-state index contributed by atoms with van der Waals surface area (Å²) in [6.45, 7) is 8.23. The van der Waals surface area contributed by atoms with Crippen LogP contribution in [0.15, 0.2) is 46.3 Å². The highest BCUT2D eigenvalue weighted by atomic mass is 32.1. The summed E-state index contributed by atoms with van der Waals surface area (Å²) in [7, 11) is 1.62. The number of thiophene rings is 1. The fourth-order valence-electron chi connectivity index (χ4n) is 3.58. The molecule has 3 heterocycles. The maximum Gasteiger partial charge on any atom is 0.246 e. The van der Waals surface area contributed by atoms with Crippen molar-refractivity contribution < 1.29 is 18.8 Å². The molecule has 3 aromatic rings. The summed E-state index contributed by atoms with van der Waals surface area (Å²) < 4.78 is 16.6. The van der Waals surface area contributed by atoms with Crippen LogP contribution in [0.1, 0.15) is 25.3 Å². The largest absolute Gasteiger partial charge is 0.493 e. The standard InChI is InChI=1S/C25H30N4O4S/c1-18(2)17-32-20-8-6-19(15-21(20)31-3)7-9-24(30)29-12-10-28(11-13-29)16-23-26-25(27-33-23)22-5-4-14-34-22/h4-9,14-15,18H,10-13,16-17H2,1-3H3/b9-7+. The zero-order chi connectivity index (χ0) is 23.9. The Balaban J connectivity index is 1.27. The lowest BCUT2D eigenvalue weighted by Crippen LogP contribution is -2.47. The van der Waals surface area contributed by atoms with Gasteiger partial charge in [0.2, 0.25) is 17.6 Å². The molecule has 0 atom stereocenters. The molecule has 1 aliphatic rings. The fraction of sp³-hybridized carbons (Fsp3) is 0.400. The number of ether oxygens (including phenoxy) is 2. The molecule has 1 aromatic carbocycles. The van der Waals surface area contributed by atoms with Crippen LogP contribution in [-0.2, 0) is 11.3 Å². The number of piperazine rings is 1. The second-order valence-corrected chi connectivity index (χ2v) is 9.49. The molecule has 2 aromatic heterocycles. The predicted octanol–water partition coefficient (Wildman–Crippen LogP) is 4.20. The third kappa shape index (κ3) is 6.24. The Kier molecular flexibility index (Phi) is 7.97. The van der Waals surface area contributed by atoms with E-state index in [-0.39, 0.29) is 5.91 Å². The number of hydrogen-bond acceptors (Lipinski definition) is 8. The van der Waals surface area contributed by atoms with Gasteiger partial charge in [-0.1, -0.05) is 31.1 Å². The van der Waals surface area contributed by atoms with Crippen LogP contribution < -0.4 is 9.47 Å². The Morgan fingerprint density at radius 2 is 2.03 bits per heavy atom. The summed E-state index contributed by atoms with van der Waals surface area (Å²) in [5.74, 6) is 3.01. The van der Waals surface area contributed by atoms with Gasteiger partial charge in [-0.2, -0.15) is 4.98 Å². The molecule has 0 bridgehead atoms. The van der Waals surface area contributed by atoms with Crippen molar-refractivity contribution in [1.82, 2.24) is 19.9 Å². The Morgan fingerprint density at radius 1 is 1.21 bits per heavy atom. The van der Waals surface area contributed by atoms with Crippen LogP contribution in [0.5, 0.6) is 11.5 Å². The molecule has 1 fully saturated rings. The highest BCUT2D eigenvalue weighted by Crippen LogP contribution is 2.29. The highest BCUT2D eigenvalue weighted by Gasteiger charge is 2.21. The van der Waals surface area contributed by atoms with Gasteiger partial charge in [-0.15, -0.1) is 11.3 Å². The Labute approximate surface area is 203 Å². The molecule has 0 N–H and O–H groups in total. The van der Waals surface area contributed by atoms with E-state index >= 15 is 0 Å². The first-order valence-corrected chi connectivity index (χ1v) is 12.3. The van der Waals surface area contributed by atoms with E-state index in [1.54, 1.807) is 24.5 Å². The van der Waals surface area contributed by atoms with Crippen LogP contribution in [0.25, 0.3) is 16.8 Å². The van der Waals surface area contributed by atoms with Crippen LogP contribution in [-0.4, -0.2) is 65.7 Å². The topological polar surface area (TPSA) is 80.9 Å². The van der Waals surface area contributed by atoms with Gasteiger partial charge in [0.15, 0.2) is 11.5 Å². The average Bonchev–Trinajstić information content (AvgIpc) is 3.54. The van der Waals surface area contributed by atoms with Gasteiger partial charge in [-0.25, -0.2) is 0 Å². The summed E-state index contributed by atoms with van der Waals surface area (Å²) in [6, 6.07) is 9.63. The van der Waals surface area contributed by atoms with E-state index in [9.17, 15) is 4.79 Å². The van der Waals surface area contributed by atoms with E-state index in [2.05, 4.69) is 28.9 Å². The highest BCUT2D eigenvalue weighted by molar-refractivity contribution is 7.13. The van der Waals surface area contributed by atoms with Gasteiger partial charge < -0.3 is 18.9 Å².